The summed E-state index contributed by atoms with van der Waals surface area (Å²) in [5, 5.41) is 0. The van der Waals surface area contributed by atoms with Gasteiger partial charge in [-0.1, -0.05) is 33.3 Å². The van der Waals surface area contributed by atoms with Crippen molar-refractivity contribution in [2.75, 3.05) is 26.7 Å². The molecule has 0 aliphatic carbocycles. The normalized spacial score (nSPS) is 14.0. The summed E-state index contributed by atoms with van der Waals surface area (Å²) >= 11 is 0. The highest BCUT2D eigenvalue weighted by Crippen LogP contribution is 2.05. The summed E-state index contributed by atoms with van der Waals surface area (Å²) in [6, 6.07) is 0. The number of methoxy groups -OCH3 is 1. The van der Waals surface area contributed by atoms with E-state index in [1.165, 1.54) is 13.5 Å². The molecule has 0 amide bonds. The lowest BCUT2D eigenvalue weighted by atomic mass is 10.1. The molecule has 0 aliphatic rings. The zero-order chi connectivity index (χ0) is 12.6. The Morgan fingerprint density at radius 2 is 2.06 bits per heavy atom. The van der Waals surface area contributed by atoms with Crippen LogP contribution in [-0.2, 0) is 9.53 Å². The number of nitrogens with zero attached hydrogens (tertiary/aromatic N) is 1. The second-order valence-electron chi connectivity index (χ2n) is 4.24. The van der Waals surface area contributed by atoms with E-state index in [-0.39, 0.29) is 5.97 Å². The maximum Gasteiger partial charge on any atom is 0.333 e. The Bertz CT molecular complexity index is 236. The predicted octanol–water partition coefficient (Wildman–Crippen LogP) is 2.47. The molecule has 94 valence electrons. The van der Waals surface area contributed by atoms with E-state index in [2.05, 4.69) is 30.4 Å². The van der Waals surface area contributed by atoms with Crippen LogP contribution in [0.4, 0.5) is 0 Å². The Kier molecular flexibility index (Phi) is 7.90. The molecular formula is C13H25NO2. The topological polar surface area (TPSA) is 29.5 Å². The lowest BCUT2D eigenvalue weighted by Gasteiger charge is -2.22. The molecule has 3 heteroatoms. The van der Waals surface area contributed by atoms with E-state index >= 15 is 0 Å². The molecule has 16 heavy (non-hydrogen) atoms. The van der Waals surface area contributed by atoms with Crippen LogP contribution < -0.4 is 0 Å². The molecule has 0 aromatic heterocycles. The summed E-state index contributed by atoms with van der Waals surface area (Å²) in [7, 11) is 1.41. The molecule has 0 rings (SSSR count). The van der Waals surface area contributed by atoms with E-state index in [0.717, 1.165) is 19.6 Å². The summed E-state index contributed by atoms with van der Waals surface area (Å²) in [5.74, 6) is 0.464. The van der Waals surface area contributed by atoms with Crippen LogP contribution in [0, 0.1) is 5.92 Å². The lowest BCUT2D eigenvalue weighted by molar-refractivity contribution is -0.136. The minimum Gasteiger partial charge on any atom is -0.466 e. The highest BCUT2D eigenvalue weighted by Gasteiger charge is 2.07. The van der Waals surface area contributed by atoms with Crippen LogP contribution in [0.3, 0.4) is 0 Å². The van der Waals surface area contributed by atoms with Crippen LogP contribution in [0.1, 0.15) is 34.1 Å². The number of likely N-dealkylation sites (N-methyl/N-ethyl adjacent to an activating group) is 1. The molecule has 1 unspecified atom stereocenters. The minimum atomic E-state index is -0.236. The van der Waals surface area contributed by atoms with Gasteiger partial charge in [0, 0.05) is 18.7 Å². The van der Waals surface area contributed by atoms with Gasteiger partial charge >= 0.3 is 5.97 Å². The van der Waals surface area contributed by atoms with Crippen LogP contribution in [0.5, 0.6) is 0 Å². The van der Waals surface area contributed by atoms with Crippen molar-refractivity contribution in [3.8, 4) is 0 Å². The summed E-state index contributed by atoms with van der Waals surface area (Å²) < 4.78 is 4.65. The summed E-state index contributed by atoms with van der Waals surface area (Å²) in [4.78, 5) is 13.5. The third-order valence-corrected chi connectivity index (χ3v) is 2.88. The largest absolute Gasteiger partial charge is 0.466 e. The molecule has 0 aromatic rings. The van der Waals surface area contributed by atoms with Crippen LogP contribution in [0.2, 0.25) is 0 Å². The molecule has 0 saturated carbocycles. The van der Waals surface area contributed by atoms with E-state index in [1.54, 1.807) is 6.92 Å². The van der Waals surface area contributed by atoms with E-state index in [9.17, 15) is 4.79 Å². The first-order chi connectivity index (χ1) is 7.54. The number of hydrogen-bond donors (Lipinski definition) is 0. The number of rotatable bonds is 7. The van der Waals surface area contributed by atoms with Gasteiger partial charge in [-0.25, -0.2) is 4.79 Å². The van der Waals surface area contributed by atoms with Crippen LogP contribution in [0.25, 0.3) is 0 Å². The van der Waals surface area contributed by atoms with Crippen molar-refractivity contribution >= 4 is 5.97 Å². The van der Waals surface area contributed by atoms with E-state index in [4.69, 9.17) is 0 Å². The van der Waals surface area contributed by atoms with E-state index < -0.39 is 0 Å². The Labute approximate surface area is 99.5 Å². The molecule has 0 aromatic carbocycles. The van der Waals surface area contributed by atoms with Gasteiger partial charge in [0.2, 0.25) is 0 Å². The third kappa shape index (κ3) is 5.91. The van der Waals surface area contributed by atoms with Crippen molar-refractivity contribution in [2.45, 2.75) is 34.1 Å². The Morgan fingerprint density at radius 3 is 2.50 bits per heavy atom. The van der Waals surface area contributed by atoms with Gasteiger partial charge in [-0.15, -0.1) is 0 Å². The summed E-state index contributed by atoms with van der Waals surface area (Å²) in [5.41, 5.74) is 0.685. The van der Waals surface area contributed by atoms with Gasteiger partial charge in [0.05, 0.1) is 7.11 Å². The first-order valence-corrected chi connectivity index (χ1v) is 6.02. The summed E-state index contributed by atoms with van der Waals surface area (Å²) in [6.07, 6.45) is 3.13. The van der Waals surface area contributed by atoms with E-state index in [1.807, 2.05) is 6.08 Å². The maximum absolute atomic E-state index is 11.2. The van der Waals surface area contributed by atoms with Crippen molar-refractivity contribution < 1.29 is 9.53 Å². The monoisotopic (exact) mass is 227 g/mol. The zero-order valence-electron chi connectivity index (χ0n) is 11.2. The van der Waals surface area contributed by atoms with Crippen molar-refractivity contribution in [2.24, 2.45) is 5.92 Å². The molecule has 0 heterocycles. The molecule has 0 bridgehead atoms. The van der Waals surface area contributed by atoms with Crippen molar-refractivity contribution in [3.05, 3.63) is 11.6 Å². The molecule has 3 nitrogen and oxygen atoms in total. The van der Waals surface area contributed by atoms with Gasteiger partial charge in [-0.05, 0) is 19.4 Å². The Morgan fingerprint density at radius 1 is 1.44 bits per heavy atom. The highest BCUT2D eigenvalue weighted by molar-refractivity contribution is 5.87. The van der Waals surface area contributed by atoms with Crippen LogP contribution in [0.15, 0.2) is 11.6 Å². The molecule has 0 aliphatic heterocycles. The third-order valence-electron chi connectivity index (χ3n) is 2.88. The van der Waals surface area contributed by atoms with Gasteiger partial charge < -0.3 is 4.74 Å². The van der Waals surface area contributed by atoms with Crippen molar-refractivity contribution in [1.82, 2.24) is 4.90 Å². The molecule has 0 radical (unpaired) electrons. The highest BCUT2D eigenvalue weighted by atomic mass is 16.5. The van der Waals surface area contributed by atoms with Crippen LogP contribution >= 0.6 is 0 Å². The quantitative estimate of drug-likeness (QED) is 0.494. The second kappa shape index (κ2) is 8.34. The average Bonchev–Trinajstić information content (AvgIpc) is 2.32. The Hall–Kier alpha value is -0.830. The van der Waals surface area contributed by atoms with Gasteiger partial charge in [0.25, 0.3) is 0 Å². The number of carbonyl (C=O) groups excluding carboxylic acids is 1. The number of carbonyl (C=O) groups is 1. The molecular weight excluding hydrogens is 202 g/mol. The predicted molar refractivity (Wildman–Crippen MR) is 67.3 cm³/mol. The SMILES string of the molecule is CCC(C)CN(CC)CC=C(C)C(=O)OC. The molecule has 0 N–H and O–H groups in total. The Balaban J connectivity index is 4.17. The van der Waals surface area contributed by atoms with Gasteiger partial charge in [0.15, 0.2) is 0 Å². The minimum absolute atomic E-state index is 0.236. The van der Waals surface area contributed by atoms with Crippen LogP contribution in [-0.4, -0.2) is 37.6 Å². The zero-order valence-corrected chi connectivity index (χ0v) is 11.2. The number of hydrogen-bond acceptors (Lipinski definition) is 3. The molecule has 0 saturated heterocycles. The maximum atomic E-state index is 11.2. The molecule has 1 atom stereocenters. The second-order valence-corrected chi connectivity index (χ2v) is 4.24. The lowest BCUT2D eigenvalue weighted by Crippen LogP contribution is -2.28. The first kappa shape index (κ1) is 15.2. The summed E-state index contributed by atoms with van der Waals surface area (Å²) in [6.45, 7) is 11.3. The van der Waals surface area contributed by atoms with Crippen molar-refractivity contribution in [3.63, 3.8) is 0 Å². The standard InChI is InChI=1S/C13H25NO2/c1-6-11(3)10-14(7-2)9-8-12(4)13(15)16-5/h8,11H,6-7,9-10H2,1-5H3. The average molecular weight is 227 g/mol. The fourth-order valence-electron chi connectivity index (χ4n) is 1.41. The first-order valence-electron chi connectivity index (χ1n) is 6.02. The van der Waals surface area contributed by atoms with Gasteiger partial charge in [-0.3, -0.25) is 4.90 Å². The van der Waals surface area contributed by atoms with Gasteiger partial charge in [0.1, 0.15) is 0 Å². The number of ether oxygens (including phenoxy) is 1. The fraction of sp³-hybridized carbons (Fsp3) is 0.769. The number of esters is 1. The van der Waals surface area contributed by atoms with E-state index in [0.29, 0.717) is 11.5 Å². The molecule has 0 spiro atoms. The smallest absolute Gasteiger partial charge is 0.333 e. The molecule has 0 fully saturated rings. The van der Waals surface area contributed by atoms with Crippen molar-refractivity contribution in [1.29, 1.82) is 0 Å². The van der Waals surface area contributed by atoms with Gasteiger partial charge in [-0.2, -0.15) is 0 Å². The fourth-order valence-corrected chi connectivity index (χ4v) is 1.41.